The molecule has 0 spiro atoms. The molecule has 1 saturated heterocycles. The molecule has 26 heavy (non-hydrogen) atoms. The van der Waals surface area contributed by atoms with Crippen molar-refractivity contribution in [2.24, 2.45) is 5.92 Å². The Morgan fingerprint density at radius 3 is 2.85 bits per heavy atom. The molecule has 1 aromatic carbocycles. The van der Waals surface area contributed by atoms with E-state index < -0.39 is 6.10 Å². The molecule has 0 radical (unpaired) electrons. The van der Waals surface area contributed by atoms with Crippen LogP contribution in [0.2, 0.25) is 0 Å². The second kappa shape index (κ2) is 7.41. The van der Waals surface area contributed by atoms with E-state index in [1.54, 1.807) is 6.07 Å². The van der Waals surface area contributed by atoms with Crippen molar-refractivity contribution in [3.8, 4) is 5.75 Å². The predicted octanol–water partition coefficient (Wildman–Crippen LogP) is 2.75. The Bertz CT molecular complexity index is 836. The predicted molar refractivity (Wildman–Crippen MR) is 101 cm³/mol. The summed E-state index contributed by atoms with van der Waals surface area (Å²) in [6, 6.07) is 5.64. The lowest BCUT2D eigenvalue weighted by atomic mass is 9.99. The van der Waals surface area contributed by atoms with E-state index in [2.05, 4.69) is 11.8 Å². The summed E-state index contributed by atoms with van der Waals surface area (Å²) in [5.74, 6) is 1.42. The lowest BCUT2D eigenvalue weighted by Crippen LogP contribution is -2.40. The van der Waals surface area contributed by atoms with Crippen molar-refractivity contribution in [3.63, 3.8) is 0 Å². The van der Waals surface area contributed by atoms with Gasteiger partial charge in [-0.25, -0.2) is 4.79 Å². The first-order valence-electron chi connectivity index (χ1n) is 9.72. The summed E-state index contributed by atoms with van der Waals surface area (Å²) in [7, 11) is 0. The van der Waals surface area contributed by atoms with Gasteiger partial charge in [-0.2, -0.15) is 0 Å². The summed E-state index contributed by atoms with van der Waals surface area (Å²) in [6.07, 6.45) is 4.63. The van der Waals surface area contributed by atoms with Crippen molar-refractivity contribution < 1.29 is 14.3 Å². The highest BCUT2D eigenvalue weighted by Gasteiger charge is 2.21. The highest BCUT2D eigenvalue weighted by Crippen LogP contribution is 2.29. The minimum atomic E-state index is -0.522. The molecule has 2 aliphatic rings. The first-order valence-corrected chi connectivity index (χ1v) is 9.72. The van der Waals surface area contributed by atoms with Crippen LogP contribution >= 0.6 is 0 Å². The van der Waals surface area contributed by atoms with Gasteiger partial charge in [0.25, 0.3) is 0 Å². The maximum Gasteiger partial charge on any atom is 0.339 e. The average Bonchev–Trinajstić information content (AvgIpc) is 3.12. The number of β-amino-alcohol motifs (C(OH)–C–C–N with tert-alkyl or cyclic N) is 1. The first-order chi connectivity index (χ1) is 12.6. The number of ether oxygens (including phenoxy) is 1. The van der Waals surface area contributed by atoms with Crippen LogP contribution in [-0.2, 0) is 12.8 Å². The van der Waals surface area contributed by atoms with E-state index in [1.807, 2.05) is 12.1 Å². The molecule has 1 fully saturated rings. The maximum absolute atomic E-state index is 12.1. The van der Waals surface area contributed by atoms with Crippen LogP contribution in [0, 0.1) is 5.92 Å². The highest BCUT2D eigenvalue weighted by molar-refractivity contribution is 5.83. The van der Waals surface area contributed by atoms with Gasteiger partial charge >= 0.3 is 5.63 Å². The zero-order valence-electron chi connectivity index (χ0n) is 15.4. The van der Waals surface area contributed by atoms with Gasteiger partial charge in [0.2, 0.25) is 0 Å². The molecule has 1 unspecified atom stereocenters. The van der Waals surface area contributed by atoms with E-state index in [0.717, 1.165) is 54.8 Å². The summed E-state index contributed by atoms with van der Waals surface area (Å²) >= 11 is 0. The van der Waals surface area contributed by atoms with Gasteiger partial charge in [-0.3, -0.25) is 0 Å². The zero-order valence-corrected chi connectivity index (χ0v) is 15.4. The number of likely N-dealkylation sites (tertiary alicyclic amines) is 1. The molecule has 5 heteroatoms. The molecule has 0 saturated carbocycles. The maximum atomic E-state index is 12.1. The number of aryl methyl sites for hydroxylation is 1. The van der Waals surface area contributed by atoms with Crippen LogP contribution in [0.25, 0.3) is 11.0 Å². The van der Waals surface area contributed by atoms with Crippen LogP contribution in [-0.4, -0.2) is 42.4 Å². The summed E-state index contributed by atoms with van der Waals surface area (Å²) in [5, 5.41) is 11.3. The minimum absolute atomic E-state index is 0.221. The average molecular weight is 357 g/mol. The van der Waals surface area contributed by atoms with Crippen molar-refractivity contribution in [1.82, 2.24) is 4.90 Å². The number of benzene rings is 1. The van der Waals surface area contributed by atoms with Crippen molar-refractivity contribution in [2.75, 3.05) is 26.2 Å². The second-order valence-corrected chi connectivity index (χ2v) is 7.81. The summed E-state index contributed by atoms with van der Waals surface area (Å²) in [6.45, 7) is 5.26. The standard InChI is InChI=1S/C21H27NO4/c1-14-7-9-22(10-8-14)12-15(23)13-25-16-5-6-18-17-3-2-4-19(17)21(24)26-20(18)11-16/h5-6,11,14-15,23H,2-4,7-10,12-13H2,1H3. The third-order valence-electron chi connectivity index (χ3n) is 5.73. The van der Waals surface area contributed by atoms with Crippen molar-refractivity contribution in [1.29, 1.82) is 0 Å². The first kappa shape index (κ1) is 17.6. The van der Waals surface area contributed by atoms with Crippen LogP contribution in [0.15, 0.2) is 27.4 Å². The zero-order chi connectivity index (χ0) is 18.1. The molecule has 0 amide bonds. The number of piperidine rings is 1. The fourth-order valence-corrected chi connectivity index (χ4v) is 4.14. The number of hydrogen-bond donors (Lipinski definition) is 1. The molecule has 4 rings (SSSR count). The third-order valence-corrected chi connectivity index (χ3v) is 5.73. The van der Waals surface area contributed by atoms with Crippen LogP contribution in [0.4, 0.5) is 0 Å². The molecule has 1 aliphatic carbocycles. The number of fused-ring (bicyclic) bond motifs is 3. The van der Waals surface area contributed by atoms with Crippen molar-refractivity contribution in [3.05, 3.63) is 39.7 Å². The smallest absolute Gasteiger partial charge is 0.339 e. The lowest BCUT2D eigenvalue weighted by Gasteiger charge is -2.31. The monoisotopic (exact) mass is 357 g/mol. The van der Waals surface area contributed by atoms with Crippen LogP contribution in [0.5, 0.6) is 5.75 Å². The second-order valence-electron chi connectivity index (χ2n) is 7.81. The third kappa shape index (κ3) is 3.64. The van der Waals surface area contributed by atoms with E-state index in [4.69, 9.17) is 9.15 Å². The molecule has 140 valence electrons. The Balaban J connectivity index is 1.40. The molecular formula is C21H27NO4. The topological polar surface area (TPSA) is 62.9 Å². The fraction of sp³-hybridized carbons (Fsp3) is 0.571. The number of aliphatic hydroxyl groups is 1. The van der Waals surface area contributed by atoms with Crippen LogP contribution in [0.1, 0.15) is 37.3 Å². The Morgan fingerprint density at radius 1 is 1.27 bits per heavy atom. The summed E-state index contributed by atoms with van der Waals surface area (Å²) in [5.41, 5.74) is 2.31. The van der Waals surface area contributed by atoms with Gasteiger partial charge in [-0.15, -0.1) is 0 Å². The number of rotatable bonds is 5. The molecule has 1 aliphatic heterocycles. The van der Waals surface area contributed by atoms with Crippen LogP contribution < -0.4 is 10.4 Å². The molecular weight excluding hydrogens is 330 g/mol. The van der Waals surface area contributed by atoms with Gasteiger partial charge in [-0.05, 0) is 68.8 Å². The molecule has 2 heterocycles. The van der Waals surface area contributed by atoms with E-state index in [1.165, 1.54) is 12.8 Å². The molecule has 1 atom stereocenters. The fourth-order valence-electron chi connectivity index (χ4n) is 4.14. The Morgan fingerprint density at radius 2 is 2.04 bits per heavy atom. The minimum Gasteiger partial charge on any atom is -0.491 e. The Hall–Kier alpha value is -1.85. The van der Waals surface area contributed by atoms with Crippen molar-refractivity contribution >= 4 is 11.0 Å². The van der Waals surface area contributed by atoms with Crippen molar-refractivity contribution in [2.45, 2.75) is 45.1 Å². The van der Waals surface area contributed by atoms with E-state index in [9.17, 15) is 9.90 Å². The molecule has 1 aromatic heterocycles. The van der Waals surface area contributed by atoms with E-state index in [0.29, 0.717) is 17.9 Å². The molecule has 0 bridgehead atoms. The van der Waals surface area contributed by atoms with Gasteiger partial charge in [0.15, 0.2) is 0 Å². The Labute approximate surface area is 153 Å². The number of hydrogen-bond acceptors (Lipinski definition) is 5. The van der Waals surface area contributed by atoms with Gasteiger partial charge in [0.1, 0.15) is 24.0 Å². The number of nitrogens with zero attached hydrogens (tertiary/aromatic N) is 1. The normalized spacial score (nSPS) is 19.6. The summed E-state index contributed by atoms with van der Waals surface area (Å²) in [4.78, 5) is 14.4. The molecule has 1 N–H and O–H groups in total. The van der Waals surface area contributed by atoms with Crippen LogP contribution in [0.3, 0.4) is 0 Å². The summed E-state index contributed by atoms with van der Waals surface area (Å²) < 4.78 is 11.2. The Kier molecular flexibility index (Phi) is 5.00. The van der Waals surface area contributed by atoms with E-state index >= 15 is 0 Å². The number of aliphatic hydroxyl groups excluding tert-OH is 1. The SMILES string of the molecule is CC1CCN(CC(O)COc2ccc3c4c(c(=O)oc3c2)CCC4)CC1. The molecule has 2 aromatic rings. The van der Waals surface area contributed by atoms with Gasteiger partial charge in [-0.1, -0.05) is 6.92 Å². The van der Waals surface area contributed by atoms with E-state index in [-0.39, 0.29) is 12.2 Å². The van der Waals surface area contributed by atoms with Gasteiger partial charge in [0, 0.05) is 23.6 Å². The lowest BCUT2D eigenvalue weighted by molar-refractivity contribution is 0.0563. The molecule has 5 nitrogen and oxygen atoms in total. The quantitative estimate of drug-likeness (QED) is 0.834. The van der Waals surface area contributed by atoms with Gasteiger partial charge < -0.3 is 19.2 Å². The largest absolute Gasteiger partial charge is 0.491 e. The highest BCUT2D eigenvalue weighted by atomic mass is 16.5. The van der Waals surface area contributed by atoms with Gasteiger partial charge in [0.05, 0.1) is 0 Å².